The number of carbonyl (C=O) groups is 1. The van der Waals surface area contributed by atoms with Crippen molar-refractivity contribution in [3.8, 4) is 5.69 Å². The number of para-hydroxylation sites is 1. The summed E-state index contributed by atoms with van der Waals surface area (Å²) in [6.45, 7) is 4.18. The lowest BCUT2D eigenvalue weighted by Crippen LogP contribution is -2.33. The zero-order chi connectivity index (χ0) is 15.5. The molecule has 1 N–H and O–H groups in total. The number of hydrogen-bond donors (Lipinski definition) is 1. The van der Waals surface area contributed by atoms with E-state index in [9.17, 15) is 4.79 Å². The fraction of sp³-hybridized carbons (Fsp3) is 0.444. The van der Waals surface area contributed by atoms with Gasteiger partial charge in [-0.2, -0.15) is 5.10 Å². The Labute approximate surface area is 131 Å². The number of amides is 1. The summed E-state index contributed by atoms with van der Waals surface area (Å²) < 4.78 is 1.95. The Hall–Kier alpha value is -2.10. The molecule has 0 aliphatic heterocycles. The van der Waals surface area contributed by atoms with Crippen molar-refractivity contribution in [2.24, 2.45) is 0 Å². The summed E-state index contributed by atoms with van der Waals surface area (Å²) in [6.07, 6.45) is 5.11. The smallest absolute Gasteiger partial charge is 0.272 e. The Bertz CT molecular complexity index is 660. The predicted octanol–water partition coefficient (Wildman–Crippen LogP) is 3.28. The van der Waals surface area contributed by atoms with Crippen LogP contribution in [0.3, 0.4) is 0 Å². The van der Waals surface area contributed by atoms with E-state index in [0.717, 1.165) is 43.4 Å². The maximum absolute atomic E-state index is 12.5. The van der Waals surface area contributed by atoms with Crippen LogP contribution < -0.4 is 5.32 Å². The van der Waals surface area contributed by atoms with E-state index in [-0.39, 0.29) is 11.9 Å². The van der Waals surface area contributed by atoms with Crippen molar-refractivity contribution in [3.05, 3.63) is 47.3 Å². The van der Waals surface area contributed by atoms with Gasteiger partial charge in [-0.3, -0.25) is 4.79 Å². The van der Waals surface area contributed by atoms with Crippen LogP contribution in [-0.2, 0) is 12.8 Å². The molecule has 4 nitrogen and oxygen atoms in total. The molecule has 2 aromatic rings. The van der Waals surface area contributed by atoms with Crippen molar-refractivity contribution in [1.29, 1.82) is 0 Å². The van der Waals surface area contributed by atoms with Crippen LogP contribution in [0.2, 0.25) is 0 Å². The van der Waals surface area contributed by atoms with Gasteiger partial charge in [-0.1, -0.05) is 31.5 Å². The summed E-state index contributed by atoms with van der Waals surface area (Å²) in [7, 11) is 0. The van der Waals surface area contributed by atoms with Crippen LogP contribution in [0.1, 0.15) is 54.9 Å². The van der Waals surface area contributed by atoms with Crippen LogP contribution in [-0.4, -0.2) is 21.7 Å². The third kappa shape index (κ3) is 2.78. The molecule has 0 fully saturated rings. The Morgan fingerprint density at radius 2 is 2.09 bits per heavy atom. The van der Waals surface area contributed by atoms with Crippen molar-refractivity contribution in [2.45, 2.75) is 52.0 Å². The molecular formula is C18H23N3O. The van der Waals surface area contributed by atoms with Gasteiger partial charge in [0.1, 0.15) is 0 Å². The zero-order valence-electron chi connectivity index (χ0n) is 13.3. The van der Waals surface area contributed by atoms with Gasteiger partial charge in [0.15, 0.2) is 5.69 Å². The molecule has 1 aliphatic rings. The third-order valence-electron chi connectivity index (χ3n) is 4.25. The second-order valence-corrected chi connectivity index (χ2v) is 6.04. The van der Waals surface area contributed by atoms with Crippen molar-refractivity contribution in [2.75, 3.05) is 0 Å². The molecular weight excluding hydrogens is 274 g/mol. The molecule has 1 aliphatic carbocycles. The first kappa shape index (κ1) is 14.8. The minimum absolute atomic E-state index is 0.0335. The summed E-state index contributed by atoms with van der Waals surface area (Å²) in [5.41, 5.74) is 3.96. The molecule has 1 heterocycles. The van der Waals surface area contributed by atoms with E-state index in [1.165, 1.54) is 5.69 Å². The second-order valence-electron chi connectivity index (χ2n) is 6.04. The quantitative estimate of drug-likeness (QED) is 0.920. The van der Waals surface area contributed by atoms with Gasteiger partial charge in [0.25, 0.3) is 5.91 Å². The molecule has 0 radical (unpaired) electrons. The lowest BCUT2D eigenvalue weighted by molar-refractivity contribution is 0.0932. The molecule has 1 aromatic heterocycles. The fourth-order valence-electron chi connectivity index (χ4n) is 3.20. The number of nitrogens with zero attached hydrogens (tertiary/aromatic N) is 2. The van der Waals surface area contributed by atoms with Gasteiger partial charge in [0.05, 0.1) is 5.69 Å². The largest absolute Gasteiger partial charge is 0.348 e. The van der Waals surface area contributed by atoms with E-state index >= 15 is 0 Å². The molecule has 1 atom stereocenters. The lowest BCUT2D eigenvalue weighted by atomic mass is 10.1. The molecule has 1 aromatic carbocycles. The van der Waals surface area contributed by atoms with Crippen molar-refractivity contribution in [1.82, 2.24) is 15.1 Å². The minimum atomic E-state index is -0.0335. The first-order valence-corrected chi connectivity index (χ1v) is 8.17. The third-order valence-corrected chi connectivity index (χ3v) is 4.25. The van der Waals surface area contributed by atoms with Gasteiger partial charge in [0, 0.05) is 17.3 Å². The average Bonchev–Trinajstić information content (AvgIpc) is 3.10. The van der Waals surface area contributed by atoms with Crippen molar-refractivity contribution >= 4 is 5.91 Å². The maximum atomic E-state index is 12.5. The number of benzene rings is 1. The first-order chi connectivity index (χ1) is 10.7. The molecule has 0 saturated carbocycles. The van der Waals surface area contributed by atoms with Gasteiger partial charge in [-0.25, -0.2) is 4.68 Å². The molecule has 0 saturated heterocycles. The monoisotopic (exact) mass is 297 g/mol. The predicted molar refractivity (Wildman–Crippen MR) is 87.4 cm³/mol. The summed E-state index contributed by atoms with van der Waals surface area (Å²) in [6, 6.07) is 10.3. The van der Waals surface area contributed by atoms with Gasteiger partial charge in [0.2, 0.25) is 0 Å². The molecule has 0 spiro atoms. The van der Waals surface area contributed by atoms with Crippen LogP contribution >= 0.6 is 0 Å². The lowest BCUT2D eigenvalue weighted by Gasteiger charge is -2.11. The van der Waals surface area contributed by atoms with Crippen LogP contribution in [0.5, 0.6) is 0 Å². The molecule has 3 rings (SSSR count). The molecule has 4 heteroatoms. The van der Waals surface area contributed by atoms with E-state index < -0.39 is 0 Å². The Morgan fingerprint density at radius 3 is 2.82 bits per heavy atom. The van der Waals surface area contributed by atoms with Gasteiger partial charge >= 0.3 is 0 Å². The molecule has 0 bridgehead atoms. The Morgan fingerprint density at radius 1 is 1.32 bits per heavy atom. The molecule has 1 unspecified atom stereocenters. The number of aromatic nitrogens is 2. The summed E-state index contributed by atoms with van der Waals surface area (Å²) in [4.78, 5) is 12.5. The standard InChI is InChI=1S/C18H23N3O/c1-3-8-13(2)19-18(22)17-15-11-7-12-16(15)21(20-17)14-9-5-4-6-10-14/h4-6,9-10,13H,3,7-8,11-12H2,1-2H3,(H,19,22). The first-order valence-electron chi connectivity index (χ1n) is 8.17. The fourth-order valence-corrected chi connectivity index (χ4v) is 3.20. The van der Waals surface area contributed by atoms with E-state index in [1.807, 2.05) is 35.0 Å². The van der Waals surface area contributed by atoms with Gasteiger partial charge < -0.3 is 5.32 Å². The highest BCUT2D eigenvalue weighted by atomic mass is 16.2. The average molecular weight is 297 g/mol. The highest BCUT2D eigenvalue weighted by molar-refractivity contribution is 5.94. The molecule has 1 amide bonds. The second kappa shape index (κ2) is 6.34. The molecule has 22 heavy (non-hydrogen) atoms. The summed E-state index contributed by atoms with van der Waals surface area (Å²) in [5, 5.41) is 7.70. The van der Waals surface area contributed by atoms with Crippen LogP contribution in [0.25, 0.3) is 5.69 Å². The maximum Gasteiger partial charge on any atom is 0.272 e. The van der Waals surface area contributed by atoms with E-state index in [2.05, 4.69) is 24.3 Å². The van der Waals surface area contributed by atoms with Crippen LogP contribution in [0.15, 0.2) is 30.3 Å². The number of nitrogens with one attached hydrogen (secondary N) is 1. The van der Waals surface area contributed by atoms with E-state index in [0.29, 0.717) is 5.69 Å². The highest BCUT2D eigenvalue weighted by Crippen LogP contribution is 2.27. The topological polar surface area (TPSA) is 46.9 Å². The number of fused-ring (bicyclic) bond motifs is 1. The van der Waals surface area contributed by atoms with Gasteiger partial charge in [-0.15, -0.1) is 0 Å². The number of rotatable bonds is 5. The number of hydrogen-bond acceptors (Lipinski definition) is 2. The Balaban J connectivity index is 1.92. The van der Waals surface area contributed by atoms with Crippen LogP contribution in [0.4, 0.5) is 0 Å². The number of carbonyl (C=O) groups excluding carboxylic acids is 1. The van der Waals surface area contributed by atoms with Crippen molar-refractivity contribution < 1.29 is 4.79 Å². The van der Waals surface area contributed by atoms with E-state index in [4.69, 9.17) is 0 Å². The zero-order valence-corrected chi connectivity index (χ0v) is 13.3. The van der Waals surface area contributed by atoms with Crippen LogP contribution in [0, 0.1) is 0 Å². The van der Waals surface area contributed by atoms with E-state index in [1.54, 1.807) is 0 Å². The molecule has 116 valence electrons. The highest BCUT2D eigenvalue weighted by Gasteiger charge is 2.27. The summed E-state index contributed by atoms with van der Waals surface area (Å²) in [5.74, 6) is -0.0335. The van der Waals surface area contributed by atoms with Gasteiger partial charge in [-0.05, 0) is 44.7 Å². The normalized spacial score (nSPS) is 14.6. The Kier molecular flexibility index (Phi) is 4.27. The van der Waals surface area contributed by atoms with Crippen molar-refractivity contribution in [3.63, 3.8) is 0 Å². The minimum Gasteiger partial charge on any atom is -0.348 e. The SMILES string of the molecule is CCCC(C)NC(=O)c1nn(-c2ccccc2)c2c1CCC2. The summed E-state index contributed by atoms with van der Waals surface area (Å²) >= 11 is 0.